The number of rotatable bonds is 9. The van der Waals surface area contributed by atoms with E-state index in [-0.39, 0.29) is 0 Å². The molecule has 0 aliphatic carbocycles. The summed E-state index contributed by atoms with van der Waals surface area (Å²) in [5.41, 5.74) is 0. The molecular weight excluding hydrogens is 186 g/mol. The van der Waals surface area contributed by atoms with E-state index in [2.05, 4.69) is 33.0 Å². The van der Waals surface area contributed by atoms with Crippen LogP contribution in [0, 0.1) is 5.92 Å². The quantitative estimate of drug-likeness (QED) is 0.637. The van der Waals surface area contributed by atoms with Crippen LogP contribution in [0.2, 0.25) is 0 Å². The van der Waals surface area contributed by atoms with Crippen LogP contribution in [0.5, 0.6) is 0 Å². The third-order valence-corrected chi connectivity index (χ3v) is 3.20. The molecule has 0 aromatic heterocycles. The Labute approximate surface area is 95.8 Å². The molecule has 0 spiro atoms. The molecule has 0 radical (unpaired) electrons. The fourth-order valence-corrected chi connectivity index (χ4v) is 1.80. The highest BCUT2D eigenvalue weighted by molar-refractivity contribution is 4.70. The maximum Gasteiger partial charge on any atom is 0.0543 e. The Morgan fingerprint density at radius 1 is 1.13 bits per heavy atom. The Hall–Kier alpha value is -0.0800. The first kappa shape index (κ1) is 14.9. The molecule has 0 aliphatic rings. The van der Waals surface area contributed by atoms with Crippen molar-refractivity contribution >= 4 is 0 Å². The highest BCUT2D eigenvalue weighted by Gasteiger charge is 2.12. The second-order valence-electron chi connectivity index (χ2n) is 4.63. The Morgan fingerprint density at radius 2 is 1.80 bits per heavy atom. The average Bonchev–Trinajstić information content (AvgIpc) is 2.25. The summed E-state index contributed by atoms with van der Waals surface area (Å²) in [7, 11) is 1.79. The molecule has 2 heteroatoms. The van der Waals surface area contributed by atoms with Crippen LogP contribution in [0.4, 0.5) is 0 Å². The van der Waals surface area contributed by atoms with E-state index in [1.165, 1.54) is 19.3 Å². The predicted molar refractivity (Wildman–Crippen MR) is 67.2 cm³/mol. The van der Waals surface area contributed by atoms with E-state index in [0.29, 0.717) is 12.1 Å². The van der Waals surface area contributed by atoms with Crippen LogP contribution in [-0.2, 0) is 4.74 Å². The number of methoxy groups -OCH3 is 1. The van der Waals surface area contributed by atoms with Crippen molar-refractivity contribution in [1.82, 2.24) is 5.32 Å². The summed E-state index contributed by atoms with van der Waals surface area (Å²) in [5.74, 6) is 0.826. The van der Waals surface area contributed by atoms with Crippen molar-refractivity contribution in [2.45, 2.75) is 65.5 Å². The second kappa shape index (κ2) is 9.17. The lowest BCUT2D eigenvalue weighted by Gasteiger charge is -2.22. The Balaban J connectivity index is 3.81. The van der Waals surface area contributed by atoms with E-state index in [4.69, 9.17) is 4.74 Å². The van der Waals surface area contributed by atoms with Crippen molar-refractivity contribution in [1.29, 1.82) is 0 Å². The molecule has 0 amide bonds. The lowest BCUT2D eigenvalue weighted by molar-refractivity contribution is 0.105. The number of hydrogen-bond acceptors (Lipinski definition) is 2. The fourth-order valence-electron chi connectivity index (χ4n) is 1.80. The normalized spacial score (nSPS) is 17.4. The van der Waals surface area contributed by atoms with E-state index in [1.54, 1.807) is 7.11 Å². The predicted octanol–water partition coefficient (Wildman–Crippen LogP) is 3.22. The summed E-state index contributed by atoms with van der Waals surface area (Å²) in [5, 5.41) is 3.57. The molecule has 3 unspecified atom stereocenters. The maximum absolute atomic E-state index is 5.28. The summed E-state index contributed by atoms with van der Waals surface area (Å²) in [6.45, 7) is 10.0. The molecule has 0 bridgehead atoms. The molecule has 0 aromatic carbocycles. The summed E-state index contributed by atoms with van der Waals surface area (Å²) < 4.78 is 5.28. The van der Waals surface area contributed by atoms with Gasteiger partial charge in [-0.05, 0) is 38.6 Å². The summed E-state index contributed by atoms with van der Waals surface area (Å²) >= 11 is 0. The van der Waals surface area contributed by atoms with Crippen molar-refractivity contribution in [3.05, 3.63) is 0 Å². The molecule has 0 saturated carbocycles. The third-order valence-electron chi connectivity index (χ3n) is 3.20. The van der Waals surface area contributed by atoms with Gasteiger partial charge in [0.15, 0.2) is 0 Å². The fraction of sp³-hybridized carbons (Fsp3) is 1.00. The van der Waals surface area contributed by atoms with Crippen molar-refractivity contribution < 1.29 is 4.74 Å². The van der Waals surface area contributed by atoms with Crippen LogP contribution >= 0.6 is 0 Å². The van der Waals surface area contributed by atoms with Crippen molar-refractivity contribution in [2.75, 3.05) is 13.7 Å². The standard InChI is InChI=1S/C13H29NO/c1-6-11(3)10-13(14-7-2)9-8-12(4)15-5/h11-14H,6-10H2,1-5H3. The van der Waals surface area contributed by atoms with E-state index in [1.807, 2.05) is 0 Å². The molecule has 92 valence electrons. The first-order valence-corrected chi connectivity index (χ1v) is 6.40. The Morgan fingerprint density at radius 3 is 2.27 bits per heavy atom. The van der Waals surface area contributed by atoms with Gasteiger partial charge in [-0.3, -0.25) is 0 Å². The SMILES string of the molecule is CCNC(CCC(C)OC)CC(C)CC. The molecule has 0 aliphatic heterocycles. The van der Waals surface area contributed by atoms with Gasteiger partial charge in [-0.25, -0.2) is 0 Å². The van der Waals surface area contributed by atoms with Gasteiger partial charge < -0.3 is 10.1 Å². The van der Waals surface area contributed by atoms with Crippen molar-refractivity contribution in [2.24, 2.45) is 5.92 Å². The molecule has 0 heterocycles. The smallest absolute Gasteiger partial charge is 0.0543 e. The van der Waals surface area contributed by atoms with Crippen LogP contribution in [-0.4, -0.2) is 25.8 Å². The van der Waals surface area contributed by atoms with E-state index < -0.39 is 0 Å². The zero-order valence-corrected chi connectivity index (χ0v) is 11.2. The molecule has 0 fully saturated rings. The van der Waals surface area contributed by atoms with Crippen molar-refractivity contribution in [3.63, 3.8) is 0 Å². The van der Waals surface area contributed by atoms with Gasteiger partial charge in [0.05, 0.1) is 6.10 Å². The molecule has 0 rings (SSSR count). The van der Waals surface area contributed by atoms with Gasteiger partial charge in [0.25, 0.3) is 0 Å². The van der Waals surface area contributed by atoms with Crippen LogP contribution in [0.15, 0.2) is 0 Å². The van der Waals surface area contributed by atoms with E-state index in [0.717, 1.165) is 18.9 Å². The van der Waals surface area contributed by atoms with Crippen LogP contribution in [0.25, 0.3) is 0 Å². The lowest BCUT2D eigenvalue weighted by Crippen LogP contribution is -2.31. The second-order valence-corrected chi connectivity index (χ2v) is 4.63. The molecule has 0 aromatic rings. The number of ether oxygens (including phenoxy) is 1. The topological polar surface area (TPSA) is 21.3 Å². The molecule has 2 nitrogen and oxygen atoms in total. The average molecular weight is 215 g/mol. The molecule has 15 heavy (non-hydrogen) atoms. The van der Waals surface area contributed by atoms with Gasteiger partial charge in [0.1, 0.15) is 0 Å². The van der Waals surface area contributed by atoms with Crippen LogP contribution in [0.3, 0.4) is 0 Å². The zero-order valence-electron chi connectivity index (χ0n) is 11.2. The first-order valence-electron chi connectivity index (χ1n) is 6.40. The van der Waals surface area contributed by atoms with Gasteiger partial charge in [0, 0.05) is 13.2 Å². The minimum absolute atomic E-state index is 0.392. The minimum Gasteiger partial charge on any atom is -0.382 e. The highest BCUT2D eigenvalue weighted by atomic mass is 16.5. The Bertz CT molecular complexity index is 138. The largest absolute Gasteiger partial charge is 0.382 e. The Kier molecular flexibility index (Phi) is 9.12. The monoisotopic (exact) mass is 215 g/mol. The summed E-state index contributed by atoms with van der Waals surface area (Å²) in [6.07, 6.45) is 5.35. The van der Waals surface area contributed by atoms with E-state index >= 15 is 0 Å². The molecular formula is C13H29NO. The maximum atomic E-state index is 5.28. The van der Waals surface area contributed by atoms with Crippen molar-refractivity contribution in [3.8, 4) is 0 Å². The highest BCUT2D eigenvalue weighted by Crippen LogP contribution is 2.14. The first-order chi connectivity index (χ1) is 7.13. The molecule has 3 atom stereocenters. The lowest BCUT2D eigenvalue weighted by atomic mass is 9.95. The van der Waals surface area contributed by atoms with Gasteiger partial charge in [-0.1, -0.05) is 27.2 Å². The summed E-state index contributed by atoms with van der Waals surface area (Å²) in [4.78, 5) is 0. The minimum atomic E-state index is 0.392. The van der Waals surface area contributed by atoms with Gasteiger partial charge in [0.2, 0.25) is 0 Å². The van der Waals surface area contributed by atoms with E-state index in [9.17, 15) is 0 Å². The van der Waals surface area contributed by atoms with Gasteiger partial charge >= 0.3 is 0 Å². The number of hydrogen-bond donors (Lipinski definition) is 1. The zero-order chi connectivity index (χ0) is 11.7. The number of nitrogens with one attached hydrogen (secondary N) is 1. The molecule has 1 N–H and O–H groups in total. The van der Waals surface area contributed by atoms with Gasteiger partial charge in [-0.2, -0.15) is 0 Å². The third kappa shape index (κ3) is 7.80. The van der Waals surface area contributed by atoms with Crippen LogP contribution in [0.1, 0.15) is 53.4 Å². The van der Waals surface area contributed by atoms with Gasteiger partial charge in [-0.15, -0.1) is 0 Å². The molecule has 0 saturated heterocycles. The van der Waals surface area contributed by atoms with Crippen LogP contribution < -0.4 is 5.32 Å². The summed E-state index contributed by atoms with van der Waals surface area (Å²) in [6, 6.07) is 0.669.